The first-order valence-electron chi connectivity index (χ1n) is 9.54. The van der Waals surface area contributed by atoms with Crippen LogP contribution in [0.2, 0.25) is 10.0 Å². The number of nitrogens with zero attached hydrogens (tertiary/aromatic N) is 4. The van der Waals surface area contributed by atoms with E-state index in [1.165, 1.54) is 39.9 Å². The molecular formula is C21H16Cl2N4O4S3. The minimum atomic E-state index is -3.39. The van der Waals surface area contributed by atoms with Crippen LogP contribution in [0.25, 0.3) is 27.0 Å². The average molecular weight is 555 g/mol. The topological polar surface area (TPSA) is 104 Å². The van der Waals surface area contributed by atoms with Crippen LogP contribution in [0, 0.1) is 0 Å². The number of aromatic nitrogens is 4. The lowest BCUT2D eigenvalue weighted by molar-refractivity contribution is 0.0572. The molecule has 0 aliphatic rings. The summed E-state index contributed by atoms with van der Waals surface area (Å²) in [4.78, 5) is 12.7. The maximum atomic E-state index is 12.6. The van der Waals surface area contributed by atoms with Crippen molar-refractivity contribution in [2.45, 2.75) is 4.90 Å². The predicted octanol–water partition coefficient (Wildman–Crippen LogP) is 5.25. The van der Waals surface area contributed by atoms with Gasteiger partial charge in [0.2, 0.25) is 0 Å². The number of halogens is 2. The number of carbonyl (C=O) groups excluding carboxylic acids is 1. The highest BCUT2D eigenvalue weighted by molar-refractivity contribution is 7.98. The van der Waals surface area contributed by atoms with Crippen LogP contribution in [-0.4, -0.2) is 52.8 Å². The molecule has 34 heavy (non-hydrogen) atoms. The van der Waals surface area contributed by atoms with Crippen molar-refractivity contribution in [3.05, 3.63) is 64.3 Å². The Labute approximate surface area is 213 Å². The highest BCUT2D eigenvalue weighted by atomic mass is 35.5. The minimum Gasteiger partial charge on any atom is -0.450 e. The summed E-state index contributed by atoms with van der Waals surface area (Å²) >= 11 is 15.5. The van der Waals surface area contributed by atoms with E-state index in [9.17, 15) is 13.2 Å². The molecule has 0 N–H and O–H groups in total. The van der Waals surface area contributed by atoms with Gasteiger partial charge in [0.25, 0.3) is 0 Å². The molecule has 0 spiro atoms. The van der Waals surface area contributed by atoms with E-state index in [4.69, 9.17) is 27.9 Å². The minimum absolute atomic E-state index is 0.0404. The second kappa shape index (κ2) is 10.0. The SMILES string of the molecule is CSCOC(=O)c1nn(-c2ccccc2Cl)c(-c2nnc(-c3cccc(S(C)(=O)=O)c3)s2)c1Cl. The monoisotopic (exact) mass is 554 g/mol. The van der Waals surface area contributed by atoms with Gasteiger partial charge in [0.15, 0.2) is 20.5 Å². The van der Waals surface area contributed by atoms with Gasteiger partial charge in [-0.3, -0.25) is 0 Å². The summed E-state index contributed by atoms with van der Waals surface area (Å²) in [5, 5.41) is 14.1. The van der Waals surface area contributed by atoms with Crippen LogP contribution in [0.3, 0.4) is 0 Å². The molecule has 2 aromatic carbocycles. The van der Waals surface area contributed by atoms with Crippen molar-refractivity contribution in [3.8, 4) is 27.0 Å². The zero-order valence-electron chi connectivity index (χ0n) is 17.7. The summed E-state index contributed by atoms with van der Waals surface area (Å²) < 4.78 is 30.5. The molecule has 2 aromatic heterocycles. The van der Waals surface area contributed by atoms with Gasteiger partial charge >= 0.3 is 5.97 Å². The number of hydrogen-bond acceptors (Lipinski definition) is 9. The van der Waals surface area contributed by atoms with Crippen LogP contribution in [0.1, 0.15) is 10.5 Å². The molecule has 4 aromatic rings. The summed E-state index contributed by atoms with van der Waals surface area (Å²) in [6.07, 6.45) is 2.93. The van der Waals surface area contributed by atoms with Gasteiger partial charge in [-0.15, -0.1) is 22.0 Å². The fraction of sp³-hybridized carbons (Fsp3) is 0.143. The maximum Gasteiger partial charge on any atom is 0.361 e. The summed E-state index contributed by atoms with van der Waals surface area (Å²) in [7, 11) is -3.39. The molecule has 0 aliphatic heterocycles. The van der Waals surface area contributed by atoms with Gasteiger partial charge in [-0.1, -0.05) is 58.8 Å². The third kappa shape index (κ3) is 4.98. The van der Waals surface area contributed by atoms with E-state index < -0.39 is 15.8 Å². The van der Waals surface area contributed by atoms with Crippen molar-refractivity contribution in [2.75, 3.05) is 18.5 Å². The van der Waals surface area contributed by atoms with Crippen molar-refractivity contribution in [2.24, 2.45) is 0 Å². The number of para-hydroxylation sites is 1. The highest BCUT2D eigenvalue weighted by Crippen LogP contribution is 2.38. The molecule has 0 amide bonds. The smallest absolute Gasteiger partial charge is 0.361 e. The summed E-state index contributed by atoms with van der Waals surface area (Å²) in [6, 6.07) is 13.4. The Morgan fingerprint density at radius 2 is 1.85 bits per heavy atom. The van der Waals surface area contributed by atoms with E-state index in [-0.39, 0.29) is 21.6 Å². The second-order valence-corrected chi connectivity index (χ2v) is 11.5. The molecule has 0 aliphatic carbocycles. The number of carbonyl (C=O) groups is 1. The number of benzene rings is 2. The molecular weight excluding hydrogens is 539 g/mol. The van der Waals surface area contributed by atoms with Crippen LogP contribution in [0.4, 0.5) is 0 Å². The summed E-state index contributed by atoms with van der Waals surface area (Å²) in [6.45, 7) is 0. The van der Waals surface area contributed by atoms with E-state index >= 15 is 0 Å². The summed E-state index contributed by atoms with van der Waals surface area (Å²) in [5.41, 5.74) is 1.29. The average Bonchev–Trinajstić information content (AvgIpc) is 3.42. The van der Waals surface area contributed by atoms with E-state index in [1.54, 1.807) is 42.7 Å². The Morgan fingerprint density at radius 3 is 2.56 bits per heavy atom. The van der Waals surface area contributed by atoms with E-state index in [0.717, 1.165) is 6.26 Å². The molecule has 0 radical (unpaired) electrons. The fourth-order valence-corrected chi connectivity index (χ4v) is 5.31. The normalized spacial score (nSPS) is 11.5. The molecule has 0 saturated heterocycles. The van der Waals surface area contributed by atoms with E-state index in [2.05, 4.69) is 15.3 Å². The first-order valence-corrected chi connectivity index (χ1v) is 14.4. The van der Waals surface area contributed by atoms with Gasteiger partial charge in [-0.05, 0) is 30.5 Å². The second-order valence-electron chi connectivity index (χ2n) is 6.93. The Morgan fingerprint density at radius 1 is 1.12 bits per heavy atom. The summed E-state index contributed by atoms with van der Waals surface area (Å²) in [5.74, 6) is -0.541. The number of rotatable bonds is 7. The van der Waals surface area contributed by atoms with Gasteiger partial charge in [-0.25, -0.2) is 17.9 Å². The molecule has 0 fully saturated rings. The molecule has 0 saturated carbocycles. The molecule has 176 valence electrons. The van der Waals surface area contributed by atoms with Crippen molar-refractivity contribution in [1.82, 2.24) is 20.0 Å². The van der Waals surface area contributed by atoms with E-state index in [0.29, 0.717) is 32.0 Å². The number of esters is 1. The quantitative estimate of drug-likeness (QED) is 0.225. The number of hydrogen-bond donors (Lipinski definition) is 0. The van der Waals surface area contributed by atoms with Crippen LogP contribution in [0.15, 0.2) is 53.4 Å². The lowest BCUT2D eigenvalue weighted by atomic mass is 10.2. The molecule has 8 nitrogen and oxygen atoms in total. The third-order valence-corrected chi connectivity index (χ3v) is 7.67. The van der Waals surface area contributed by atoms with Crippen molar-refractivity contribution < 1.29 is 17.9 Å². The number of ether oxygens (including phenoxy) is 1. The zero-order chi connectivity index (χ0) is 24.5. The predicted molar refractivity (Wildman–Crippen MR) is 135 cm³/mol. The van der Waals surface area contributed by atoms with Gasteiger partial charge < -0.3 is 4.74 Å². The van der Waals surface area contributed by atoms with Crippen LogP contribution in [-0.2, 0) is 14.6 Å². The Kier molecular flexibility index (Phi) is 7.29. The Hall–Kier alpha value is -2.44. The largest absolute Gasteiger partial charge is 0.450 e. The molecule has 0 unspecified atom stereocenters. The number of sulfone groups is 1. The lowest BCUT2D eigenvalue weighted by Gasteiger charge is -2.07. The molecule has 4 rings (SSSR count). The molecule has 13 heteroatoms. The molecule has 0 bridgehead atoms. The van der Waals surface area contributed by atoms with Crippen LogP contribution < -0.4 is 0 Å². The Balaban J connectivity index is 1.85. The fourth-order valence-electron chi connectivity index (χ4n) is 2.99. The first-order chi connectivity index (χ1) is 16.2. The van der Waals surface area contributed by atoms with Crippen molar-refractivity contribution in [1.29, 1.82) is 0 Å². The van der Waals surface area contributed by atoms with Crippen molar-refractivity contribution >= 4 is 62.1 Å². The standard InChI is InChI=1S/C21H16Cl2N4O4S3/c1-32-11-31-21(28)17-16(23)18(27(26-17)15-9-4-3-8-14(15)22)20-25-24-19(33-20)12-6-5-7-13(10-12)34(2,29)30/h3-10H,11H2,1-2H3. The maximum absolute atomic E-state index is 12.6. The highest BCUT2D eigenvalue weighted by Gasteiger charge is 2.28. The zero-order valence-corrected chi connectivity index (χ0v) is 21.7. The number of thioether (sulfide) groups is 1. The molecule has 0 atom stereocenters. The first kappa shape index (κ1) is 24.7. The van der Waals surface area contributed by atoms with Crippen LogP contribution in [0.5, 0.6) is 0 Å². The lowest BCUT2D eigenvalue weighted by Crippen LogP contribution is -2.07. The van der Waals surface area contributed by atoms with Gasteiger partial charge in [0, 0.05) is 11.8 Å². The van der Waals surface area contributed by atoms with Gasteiger partial charge in [0.05, 0.1) is 15.6 Å². The Bertz CT molecular complexity index is 1480. The van der Waals surface area contributed by atoms with E-state index in [1.807, 2.05) is 0 Å². The van der Waals surface area contributed by atoms with Gasteiger partial charge in [-0.2, -0.15) is 5.10 Å². The van der Waals surface area contributed by atoms with Crippen molar-refractivity contribution in [3.63, 3.8) is 0 Å². The van der Waals surface area contributed by atoms with Crippen LogP contribution >= 0.6 is 46.3 Å². The molecule has 2 heterocycles. The third-order valence-electron chi connectivity index (χ3n) is 4.55. The van der Waals surface area contributed by atoms with Gasteiger partial charge in [0.1, 0.15) is 21.7 Å².